The maximum Gasteiger partial charge on any atom is 0.165 e. The molecular formula is C10H14FNO2. The predicted molar refractivity (Wildman–Crippen MR) is 51.5 cm³/mol. The van der Waals surface area contributed by atoms with Crippen molar-refractivity contribution < 1.29 is 14.6 Å². The lowest BCUT2D eigenvalue weighted by molar-refractivity contribution is 0.181. The lowest BCUT2D eigenvalue weighted by atomic mass is 10.0. The van der Waals surface area contributed by atoms with Gasteiger partial charge in [-0.15, -0.1) is 0 Å². The molecule has 14 heavy (non-hydrogen) atoms. The molecule has 0 saturated carbocycles. The summed E-state index contributed by atoms with van der Waals surface area (Å²) >= 11 is 0. The highest BCUT2D eigenvalue weighted by Gasteiger charge is 2.15. The average molecular weight is 199 g/mol. The van der Waals surface area contributed by atoms with E-state index >= 15 is 0 Å². The number of nitrogens with two attached hydrogens (primary N) is 1. The van der Waals surface area contributed by atoms with Crippen LogP contribution in [0.5, 0.6) is 5.75 Å². The number of aryl methyl sites for hydroxylation is 1. The predicted octanol–water partition coefficient (Wildman–Crippen LogP) is 1.09. The second-order valence-electron chi connectivity index (χ2n) is 3.12. The van der Waals surface area contributed by atoms with Gasteiger partial charge < -0.3 is 15.9 Å². The lowest BCUT2D eigenvalue weighted by Crippen LogP contribution is -2.12. The number of rotatable bonds is 3. The molecule has 0 radical (unpaired) electrons. The first-order chi connectivity index (χ1) is 6.60. The minimum Gasteiger partial charge on any atom is -0.505 e. The molecule has 0 amide bonds. The molecule has 4 N–H and O–H groups in total. The Bertz CT molecular complexity index is 328. The summed E-state index contributed by atoms with van der Waals surface area (Å²) in [5.41, 5.74) is 6.11. The van der Waals surface area contributed by atoms with Gasteiger partial charge in [-0.1, -0.05) is 6.92 Å². The number of halogens is 1. The molecule has 0 saturated heterocycles. The van der Waals surface area contributed by atoms with Crippen LogP contribution >= 0.6 is 0 Å². The third-order valence-corrected chi connectivity index (χ3v) is 2.14. The van der Waals surface area contributed by atoms with E-state index in [2.05, 4.69) is 0 Å². The van der Waals surface area contributed by atoms with Gasteiger partial charge in [0.25, 0.3) is 0 Å². The van der Waals surface area contributed by atoms with Crippen LogP contribution in [0.4, 0.5) is 4.39 Å². The van der Waals surface area contributed by atoms with Gasteiger partial charge in [0.2, 0.25) is 0 Å². The van der Waals surface area contributed by atoms with Gasteiger partial charge in [0.15, 0.2) is 11.6 Å². The molecule has 0 fully saturated rings. The minimum absolute atomic E-state index is 0.0415. The maximum atomic E-state index is 13.1. The van der Waals surface area contributed by atoms with Gasteiger partial charge in [0.05, 0.1) is 6.10 Å². The van der Waals surface area contributed by atoms with E-state index in [9.17, 15) is 14.6 Å². The smallest absolute Gasteiger partial charge is 0.165 e. The summed E-state index contributed by atoms with van der Waals surface area (Å²) in [5.74, 6) is -1.23. The topological polar surface area (TPSA) is 66.5 Å². The van der Waals surface area contributed by atoms with Gasteiger partial charge in [-0.05, 0) is 24.1 Å². The number of phenolic OH excluding ortho intramolecular Hbond substituents is 1. The summed E-state index contributed by atoms with van der Waals surface area (Å²) in [6.07, 6.45) is -0.377. The molecule has 0 spiro atoms. The first-order valence-electron chi connectivity index (χ1n) is 4.49. The Hall–Kier alpha value is -1.13. The van der Waals surface area contributed by atoms with E-state index in [1.807, 2.05) is 6.92 Å². The van der Waals surface area contributed by atoms with Gasteiger partial charge in [-0.25, -0.2) is 4.39 Å². The number of aliphatic hydroxyl groups is 1. The molecule has 0 aromatic heterocycles. The van der Waals surface area contributed by atoms with Gasteiger partial charge in [-0.3, -0.25) is 0 Å². The molecule has 0 aliphatic carbocycles. The highest BCUT2D eigenvalue weighted by molar-refractivity contribution is 5.39. The number of phenols is 1. The zero-order valence-electron chi connectivity index (χ0n) is 8.00. The van der Waals surface area contributed by atoms with Crippen LogP contribution in [0.2, 0.25) is 0 Å². The molecule has 0 heterocycles. The number of hydrogen-bond acceptors (Lipinski definition) is 3. The Labute approximate surface area is 82.0 Å². The van der Waals surface area contributed by atoms with Crippen molar-refractivity contribution in [3.63, 3.8) is 0 Å². The lowest BCUT2D eigenvalue weighted by Gasteiger charge is -2.12. The fourth-order valence-corrected chi connectivity index (χ4v) is 1.26. The van der Waals surface area contributed by atoms with Crippen molar-refractivity contribution in [3.05, 3.63) is 29.1 Å². The highest BCUT2D eigenvalue weighted by atomic mass is 19.1. The van der Waals surface area contributed by atoms with Crippen LogP contribution in [-0.2, 0) is 6.42 Å². The number of hydrogen-bond donors (Lipinski definition) is 3. The maximum absolute atomic E-state index is 13.1. The fraction of sp³-hybridized carbons (Fsp3) is 0.400. The van der Waals surface area contributed by atoms with Gasteiger partial charge in [-0.2, -0.15) is 0 Å². The van der Waals surface area contributed by atoms with E-state index < -0.39 is 17.7 Å². The van der Waals surface area contributed by atoms with E-state index in [1.165, 1.54) is 6.07 Å². The summed E-state index contributed by atoms with van der Waals surface area (Å²) in [4.78, 5) is 0. The molecule has 1 unspecified atom stereocenters. The Morgan fingerprint density at radius 3 is 2.64 bits per heavy atom. The molecule has 1 aromatic carbocycles. The number of benzene rings is 1. The number of aliphatic hydroxyl groups excluding tert-OH is 1. The van der Waals surface area contributed by atoms with E-state index in [0.717, 1.165) is 5.56 Å². The van der Waals surface area contributed by atoms with E-state index in [4.69, 9.17) is 5.73 Å². The van der Waals surface area contributed by atoms with Gasteiger partial charge >= 0.3 is 0 Å². The van der Waals surface area contributed by atoms with Crippen molar-refractivity contribution in [1.82, 2.24) is 0 Å². The minimum atomic E-state index is -1.02. The normalized spacial score (nSPS) is 12.9. The standard InChI is InChI=1S/C10H14FNO2/c1-2-6-3-7(9(13)5-12)10(14)8(11)4-6/h3-4,9,13-14H,2,5,12H2,1H3. The summed E-state index contributed by atoms with van der Waals surface area (Å²) in [5, 5.41) is 18.7. The van der Waals surface area contributed by atoms with Crippen molar-refractivity contribution >= 4 is 0 Å². The van der Waals surface area contributed by atoms with Crippen molar-refractivity contribution in [2.45, 2.75) is 19.4 Å². The molecule has 3 nitrogen and oxygen atoms in total. The third-order valence-electron chi connectivity index (χ3n) is 2.14. The summed E-state index contributed by atoms with van der Waals surface area (Å²) < 4.78 is 13.1. The number of aromatic hydroxyl groups is 1. The molecule has 1 rings (SSSR count). The van der Waals surface area contributed by atoms with Crippen LogP contribution in [0.3, 0.4) is 0 Å². The first kappa shape index (κ1) is 10.9. The largest absolute Gasteiger partial charge is 0.505 e. The van der Waals surface area contributed by atoms with E-state index in [1.54, 1.807) is 6.07 Å². The molecule has 0 aliphatic rings. The zero-order chi connectivity index (χ0) is 10.7. The van der Waals surface area contributed by atoms with Crippen LogP contribution in [0.1, 0.15) is 24.2 Å². The van der Waals surface area contributed by atoms with Gasteiger partial charge in [0.1, 0.15) is 0 Å². The van der Waals surface area contributed by atoms with E-state index in [0.29, 0.717) is 6.42 Å². The molecular weight excluding hydrogens is 185 g/mol. The van der Waals surface area contributed by atoms with E-state index in [-0.39, 0.29) is 12.1 Å². The summed E-state index contributed by atoms with van der Waals surface area (Å²) in [7, 11) is 0. The molecule has 4 heteroatoms. The Balaban J connectivity index is 3.20. The SMILES string of the molecule is CCc1cc(F)c(O)c(C(O)CN)c1. The van der Waals surface area contributed by atoms with Crippen molar-refractivity contribution in [2.75, 3.05) is 6.54 Å². The molecule has 0 bridgehead atoms. The molecule has 0 aliphatic heterocycles. The van der Waals surface area contributed by atoms with Crippen molar-refractivity contribution in [3.8, 4) is 5.75 Å². The second kappa shape index (κ2) is 4.39. The van der Waals surface area contributed by atoms with Crippen LogP contribution < -0.4 is 5.73 Å². The summed E-state index contributed by atoms with van der Waals surface area (Å²) in [6.45, 7) is 1.82. The Morgan fingerprint density at radius 2 is 2.14 bits per heavy atom. The highest BCUT2D eigenvalue weighted by Crippen LogP contribution is 2.28. The Morgan fingerprint density at radius 1 is 1.50 bits per heavy atom. The monoisotopic (exact) mass is 199 g/mol. The quantitative estimate of drug-likeness (QED) is 0.682. The molecule has 1 aromatic rings. The molecule has 78 valence electrons. The average Bonchev–Trinajstić information content (AvgIpc) is 2.20. The molecule has 1 atom stereocenters. The fourth-order valence-electron chi connectivity index (χ4n) is 1.26. The Kier molecular flexibility index (Phi) is 3.43. The van der Waals surface area contributed by atoms with Crippen LogP contribution in [0, 0.1) is 5.82 Å². The second-order valence-corrected chi connectivity index (χ2v) is 3.12. The van der Waals surface area contributed by atoms with Crippen LogP contribution in [-0.4, -0.2) is 16.8 Å². The van der Waals surface area contributed by atoms with Gasteiger partial charge in [0, 0.05) is 12.1 Å². The zero-order valence-corrected chi connectivity index (χ0v) is 8.00. The van der Waals surface area contributed by atoms with Crippen LogP contribution in [0.25, 0.3) is 0 Å². The summed E-state index contributed by atoms with van der Waals surface area (Å²) in [6, 6.07) is 2.82. The van der Waals surface area contributed by atoms with Crippen LogP contribution in [0.15, 0.2) is 12.1 Å². The van der Waals surface area contributed by atoms with Crippen molar-refractivity contribution in [2.24, 2.45) is 5.73 Å². The van der Waals surface area contributed by atoms with Crippen molar-refractivity contribution in [1.29, 1.82) is 0 Å². The first-order valence-corrected chi connectivity index (χ1v) is 4.49. The third kappa shape index (κ3) is 2.02.